The summed E-state index contributed by atoms with van der Waals surface area (Å²) in [6, 6.07) is 15.1. The molecule has 0 fully saturated rings. The zero-order valence-corrected chi connectivity index (χ0v) is 23.8. The quantitative estimate of drug-likeness (QED) is 0.252. The highest BCUT2D eigenvalue weighted by molar-refractivity contribution is 5.94. The molecule has 2 N–H and O–H groups in total. The summed E-state index contributed by atoms with van der Waals surface area (Å²) in [5.74, 6) is -1.53. The number of rotatable bonds is 11. The van der Waals surface area contributed by atoms with Crippen LogP contribution in [0, 0.1) is 34.6 Å². The zero-order chi connectivity index (χ0) is 29.6. The molecule has 7 heteroatoms. The molecule has 3 rings (SSSR count). The Hall–Kier alpha value is -3.61. The van der Waals surface area contributed by atoms with E-state index in [2.05, 4.69) is 64.2 Å². The maximum Gasteiger partial charge on any atom is 0.389 e. The smallest absolute Gasteiger partial charge is 0.389 e. The fourth-order valence-corrected chi connectivity index (χ4v) is 5.25. The van der Waals surface area contributed by atoms with E-state index in [0.717, 1.165) is 16.7 Å². The Balaban J connectivity index is 1.82. The minimum absolute atomic E-state index is 0.0178. The molecule has 214 valence electrons. The first-order valence-corrected chi connectivity index (χ1v) is 13.6. The van der Waals surface area contributed by atoms with Gasteiger partial charge >= 0.3 is 12.1 Å². The van der Waals surface area contributed by atoms with Crippen molar-refractivity contribution >= 4 is 11.9 Å². The number of alkyl halides is 3. The lowest BCUT2D eigenvalue weighted by molar-refractivity contribution is -0.137. The predicted molar refractivity (Wildman–Crippen MR) is 153 cm³/mol. The maximum absolute atomic E-state index is 12.9. The van der Waals surface area contributed by atoms with E-state index >= 15 is 0 Å². The molecule has 0 saturated heterocycles. The third-order valence-corrected chi connectivity index (χ3v) is 8.01. The normalized spacial score (nSPS) is 12.3. The Kier molecular flexibility index (Phi) is 10.2. The van der Waals surface area contributed by atoms with Crippen molar-refractivity contribution in [1.82, 2.24) is 5.32 Å². The Morgan fingerprint density at radius 3 is 1.90 bits per heavy atom. The van der Waals surface area contributed by atoms with E-state index in [1.165, 1.54) is 33.4 Å². The average molecular weight is 554 g/mol. The molecule has 0 aromatic heterocycles. The van der Waals surface area contributed by atoms with Crippen molar-refractivity contribution in [3.05, 3.63) is 93.0 Å². The SMILES string of the molecule is Cc1c(C)c(C)c(-c2ccc(CC(CCCC(F)(F)F)c3ccc(C(=O)NCCC(=O)O)cc3)cc2)c(C)c1C. The Bertz CT molecular complexity index is 1310. The van der Waals surface area contributed by atoms with E-state index in [1.807, 2.05) is 0 Å². The summed E-state index contributed by atoms with van der Waals surface area (Å²) in [6.07, 6.45) is -4.26. The molecule has 0 radical (unpaired) electrons. The standard InChI is InChI=1S/C33H38F3NO3/c1-20-21(2)23(4)31(24(5)22(20)3)27-10-8-25(9-11-27)19-29(7-6-17-33(34,35)36)26-12-14-28(15-13-26)32(40)37-18-16-30(38)39/h8-15,29H,6-7,16-19H2,1-5H3,(H,37,40)(H,38,39). The van der Waals surface area contributed by atoms with Crippen LogP contribution in [0.4, 0.5) is 13.2 Å². The summed E-state index contributed by atoms with van der Waals surface area (Å²) in [6.45, 7) is 10.7. The van der Waals surface area contributed by atoms with Gasteiger partial charge in [-0.1, -0.05) is 36.4 Å². The van der Waals surface area contributed by atoms with Crippen LogP contribution in [0.15, 0.2) is 48.5 Å². The third kappa shape index (κ3) is 7.96. The summed E-state index contributed by atoms with van der Waals surface area (Å²) >= 11 is 0. The molecule has 1 atom stereocenters. The number of carboxylic acids is 1. The van der Waals surface area contributed by atoms with E-state index in [-0.39, 0.29) is 31.2 Å². The Labute approximate surface area is 234 Å². The van der Waals surface area contributed by atoms with Crippen LogP contribution in [-0.4, -0.2) is 29.7 Å². The molecule has 0 aliphatic rings. The molecular weight excluding hydrogens is 515 g/mol. The Morgan fingerprint density at radius 2 is 1.38 bits per heavy atom. The second-order valence-electron chi connectivity index (χ2n) is 10.6. The van der Waals surface area contributed by atoms with Crippen molar-refractivity contribution in [2.24, 2.45) is 0 Å². The molecule has 1 amide bonds. The summed E-state index contributed by atoms with van der Waals surface area (Å²) in [4.78, 5) is 23.0. The lowest BCUT2D eigenvalue weighted by Crippen LogP contribution is -2.25. The molecule has 3 aromatic rings. The number of halogens is 3. The summed E-state index contributed by atoms with van der Waals surface area (Å²) < 4.78 is 38.7. The highest BCUT2D eigenvalue weighted by atomic mass is 19.4. The van der Waals surface area contributed by atoms with Gasteiger partial charge in [-0.3, -0.25) is 9.59 Å². The fraction of sp³-hybridized carbons (Fsp3) is 0.394. The summed E-state index contributed by atoms with van der Waals surface area (Å²) in [5, 5.41) is 11.3. The highest BCUT2D eigenvalue weighted by Crippen LogP contribution is 2.35. The molecule has 0 aliphatic carbocycles. The third-order valence-electron chi connectivity index (χ3n) is 8.01. The van der Waals surface area contributed by atoms with Crippen molar-refractivity contribution in [2.45, 2.75) is 78.8 Å². The van der Waals surface area contributed by atoms with Crippen molar-refractivity contribution in [1.29, 1.82) is 0 Å². The van der Waals surface area contributed by atoms with Gasteiger partial charge in [-0.2, -0.15) is 13.2 Å². The van der Waals surface area contributed by atoms with Gasteiger partial charge in [0.05, 0.1) is 6.42 Å². The van der Waals surface area contributed by atoms with Crippen LogP contribution in [0.5, 0.6) is 0 Å². The van der Waals surface area contributed by atoms with Gasteiger partial charge in [0.15, 0.2) is 0 Å². The summed E-state index contributed by atoms with van der Waals surface area (Å²) in [7, 11) is 0. The molecule has 0 spiro atoms. The van der Waals surface area contributed by atoms with Gasteiger partial charge in [0.2, 0.25) is 0 Å². The molecule has 3 aromatic carbocycles. The molecular formula is C33H38F3NO3. The van der Waals surface area contributed by atoms with Gasteiger partial charge in [0.25, 0.3) is 5.91 Å². The van der Waals surface area contributed by atoms with Gasteiger partial charge < -0.3 is 10.4 Å². The molecule has 40 heavy (non-hydrogen) atoms. The molecule has 0 bridgehead atoms. The number of amides is 1. The highest BCUT2D eigenvalue weighted by Gasteiger charge is 2.27. The van der Waals surface area contributed by atoms with Crippen molar-refractivity contribution in [2.75, 3.05) is 6.54 Å². The number of carbonyl (C=O) groups excluding carboxylic acids is 1. The predicted octanol–water partition coefficient (Wildman–Crippen LogP) is 8.16. The van der Waals surface area contributed by atoms with Crippen LogP contribution in [0.1, 0.15) is 80.9 Å². The molecule has 1 unspecified atom stereocenters. The van der Waals surface area contributed by atoms with Gasteiger partial charge in [-0.25, -0.2) is 0 Å². The van der Waals surface area contributed by atoms with E-state index < -0.39 is 18.6 Å². The first kappa shape index (κ1) is 30.9. The second-order valence-corrected chi connectivity index (χ2v) is 10.6. The van der Waals surface area contributed by atoms with Crippen LogP contribution < -0.4 is 5.32 Å². The number of benzene rings is 3. The van der Waals surface area contributed by atoms with Crippen molar-refractivity contribution < 1.29 is 27.9 Å². The van der Waals surface area contributed by atoms with Crippen LogP contribution in [0.25, 0.3) is 11.1 Å². The van der Waals surface area contributed by atoms with E-state index in [4.69, 9.17) is 5.11 Å². The van der Waals surface area contributed by atoms with Crippen molar-refractivity contribution in [3.63, 3.8) is 0 Å². The number of hydrogen-bond acceptors (Lipinski definition) is 2. The van der Waals surface area contributed by atoms with Crippen LogP contribution in [-0.2, 0) is 11.2 Å². The van der Waals surface area contributed by atoms with Gasteiger partial charge in [0, 0.05) is 18.5 Å². The summed E-state index contributed by atoms with van der Waals surface area (Å²) in [5.41, 5.74) is 11.0. The zero-order valence-electron chi connectivity index (χ0n) is 23.8. The number of aliphatic carboxylic acids is 1. The molecule has 0 heterocycles. The van der Waals surface area contributed by atoms with Crippen LogP contribution >= 0.6 is 0 Å². The minimum atomic E-state index is -4.20. The second kappa shape index (κ2) is 13.2. The Morgan fingerprint density at radius 1 is 0.825 bits per heavy atom. The lowest BCUT2D eigenvalue weighted by Gasteiger charge is -2.20. The van der Waals surface area contributed by atoms with E-state index in [0.29, 0.717) is 18.4 Å². The van der Waals surface area contributed by atoms with Gasteiger partial charge in [0.1, 0.15) is 0 Å². The van der Waals surface area contributed by atoms with E-state index in [9.17, 15) is 22.8 Å². The minimum Gasteiger partial charge on any atom is -0.481 e. The van der Waals surface area contributed by atoms with Crippen LogP contribution in [0.3, 0.4) is 0 Å². The number of carboxylic acid groups (broad SMARTS) is 1. The van der Waals surface area contributed by atoms with E-state index in [1.54, 1.807) is 24.3 Å². The largest absolute Gasteiger partial charge is 0.481 e. The maximum atomic E-state index is 12.9. The molecule has 4 nitrogen and oxygen atoms in total. The first-order chi connectivity index (χ1) is 18.8. The van der Waals surface area contributed by atoms with Gasteiger partial charge in [-0.05, 0) is 122 Å². The topological polar surface area (TPSA) is 66.4 Å². The number of hydrogen-bond donors (Lipinski definition) is 2. The average Bonchev–Trinajstić information content (AvgIpc) is 2.90. The number of carbonyl (C=O) groups is 2. The lowest BCUT2D eigenvalue weighted by atomic mass is 9.84. The molecule has 0 saturated carbocycles. The van der Waals surface area contributed by atoms with Crippen LogP contribution in [0.2, 0.25) is 0 Å². The monoisotopic (exact) mass is 553 g/mol. The van der Waals surface area contributed by atoms with Gasteiger partial charge in [-0.15, -0.1) is 0 Å². The number of nitrogens with one attached hydrogen (secondary N) is 1. The fourth-order valence-electron chi connectivity index (χ4n) is 5.25. The van der Waals surface area contributed by atoms with Crippen molar-refractivity contribution in [3.8, 4) is 11.1 Å². The molecule has 0 aliphatic heterocycles. The first-order valence-electron chi connectivity index (χ1n) is 13.6.